The van der Waals surface area contributed by atoms with Crippen LogP contribution in [0, 0.1) is 29.6 Å². The molecule has 2 aliphatic rings. The molecule has 14 atom stereocenters. The molecular formula is C72H115N11O15S. The van der Waals surface area contributed by atoms with E-state index >= 15 is 0 Å². The summed E-state index contributed by atoms with van der Waals surface area (Å²) in [6.07, 6.45) is 1.67. The number of amides is 12. The summed E-state index contributed by atoms with van der Waals surface area (Å²) in [6.45, 7) is 22.8. The highest BCUT2D eigenvalue weighted by Crippen LogP contribution is 2.32. The fourth-order valence-corrected chi connectivity index (χ4v) is 14.0. The minimum absolute atomic E-state index is 0.0856. The number of aliphatic hydroxyl groups excluding tert-OH is 1. The van der Waals surface area contributed by atoms with Gasteiger partial charge in [-0.1, -0.05) is 131 Å². The fourth-order valence-electron chi connectivity index (χ4n) is 12.8. The van der Waals surface area contributed by atoms with Gasteiger partial charge in [0.25, 0.3) is 0 Å². The minimum atomic E-state index is -1.11. The van der Waals surface area contributed by atoms with Gasteiger partial charge in [0.2, 0.25) is 53.2 Å². The number of nitrogens with one attached hydrogen (secondary N) is 6. The Labute approximate surface area is 590 Å². The van der Waals surface area contributed by atoms with Crippen LogP contribution in [0.2, 0.25) is 0 Å². The second-order valence-electron chi connectivity index (χ2n) is 27.5. The zero-order valence-electron chi connectivity index (χ0n) is 61.3. The molecule has 12 amide bonds. The molecule has 4 rings (SSSR count). The number of imide groups is 1. The number of nitrogens with two attached hydrogens (primary N) is 1. The molecule has 0 spiro atoms. The summed E-state index contributed by atoms with van der Waals surface area (Å²) in [4.78, 5) is 155. The van der Waals surface area contributed by atoms with E-state index in [9.17, 15) is 57.8 Å². The number of ether oxygens (including phenoxy) is 3. The molecule has 9 N–H and O–H groups in total. The molecule has 2 saturated heterocycles. The van der Waals surface area contributed by atoms with Crippen molar-refractivity contribution in [3.63, 3.8) is 0 Å². The first-order chi connectivity index (χ1) is 46.8. The lowest BCUT2D eigenvalue weighted by molar-refractivity contribution is -0.148. The summed E-state index contributed by atoms with van der Waals surface area (Å²) >= 11 is 1.52. The molecule has 0 saturated carbocycles. The molecule has 27 heteroatoms. The zero-order valence-corrected chi connectivity index (χ0v) is 62.1. The number of hydrogen-bond acceptors (Lipinski definition) is 16. The van der Waals surface area contributed by atoms with Crippen LogP contribution in [0.5, 0.6) is 0 Å². The number of carbonyl (C=O) groups is 11. The standard InChI is InChI=1S/C72H115N11O15S/c1-17-45(9)62(54(96-15)39-57(85)82-38-26-30-53(82)64(97-16)47(11)65(88)75-48(12)63(87)50-27-21-19-22-28-50)80(13)70(93)60(43(5)6)79-68(91)61(44(7)8)81(14)72(95)98-41-49-32-34-51(35-33-49)76-66(89)52(29-25-36-74-71(73)94)77-67(90)59(42(3)4)78-56(84)31-23-20-24-37-83-58(86)40-55(69(83)92)99-46(10)18-2/h19,21-22,27-28,32-35,42-48,52-55,59-64,87H,17-18,20,23-26,29-31,36-41H2,1-16H3,(H,75,88)(H,76,89)(H,77,90)(H,78,84)(H,79,91)(H3,73,74,94)/t45-,46?,47+,48+,52-,53-,54+,55?,59-,60-,61-,62-,63+,64+/m0/s1. The molecule has 554 valence electrons. The van der Waals surface area contributed by atoms with Crippen LogP contribution in [0.3, 0.4) is 0 Å². The average Bonchev–Trinajstić information content (AvgIpc) is 1.79. The Morgan fingerprint density at radius 2 is 1.38 bits per heavy atom. The van der Waals surface area contributed by atoms with Gasteiger partial charge in [-0.25, -0.2) is 9.59 Å². The number of methoxy groups -OCH3 is 2. The van der Waals surface area contributed by atoms with Crippen LogP contribution in [0.1, 0.15) is 177 Å². The molecule has 2 heterocycles. The number of likely N-dealkylation sites (tertiary alicyclic amines) is 2. The lowest BCUT2D eigenvalue weighted by Gasteiger charge is -2.41. The van der Waals surface area contributed by atoms with Crippen molar-refractivity contribution in [2.75, 3.05) is 53.3 Å². The monoisotopic (exact) mass is 1410 g/mol. The van der Waals surface area contributed by atoms with E-state index < -0.39 is 114 Å². The number of unbranched alkanes of at least 4 members (excludes halogenated alkanes) is 2. The van der Waals surface area contributed by atoms with Gasteiger partial charge in [0, 0.05) is 71.7 Å². The van der Waals surface area contributed by atoms with Gasteiger partial charge in [-0.15, -0.1) is 11.8 Å². The summed E-state index contributed by atoms with van der Waals surface area (Å²) in [5.41, 5.74) is 6.80. The number of benzene rings is 2. The summed E-state index contributed by atoms with van der Waals surface area (Å²) in [7, 11) is 6.09. The van der Waals surface area contributed by atoms with Gasteiger partial charge in [0.1, 0.15) is 30.8 Å². The van der Waals surface area contributed by atoms with Crippen LogP contribution in [-0.4, -0.2) is 203 Å². The second-order valence-corrected chi connectivity index (χ2v) is 29.2. The lowest BCUT2D eigenvalue weighted by atomic mass is 9.89. The molecule has 0 aromatic heterocycles. The largest absolute Gasteiger partial charge is 0.445 e. The van der Waals surface area contributed by atoms with E-state index in [4.69, 9.17) is 19.9 Å². The van der Waals surface area contributed by atoms with E-state index in [1.54, 1.807) is 109 Å². The first kappa shape index (κ1) is 84.1. The van der Waals surface area contributed by atoms with Crippen molar-refractivity contribution in [2.45, 2.75) is 238 Å². The van der Waals surface area contributed by atoms with Crippen molar-refractivity contribution in [1.82, 2.24) is 46.2 Å². The Morgan fingerprint density at radius 3 is 1.97 bits per heavy atom. The number of primary amides is 1. The van der Waals surface area contributed by atoms with Gasteiger partial charge in [-0.05, 0) is 98.8 Å². The van der Waals surface area contributed by atoms with Gasteiger partial charge >= 0.3 is 12.1 Å². The maximum atomic E-state index is 14.8. The third-order valence-corrected chi connectivity index (χ3v) is 20.5. The molecule has 26 nitrogen and oxygen atoms in total. The topological polar surface area (TPSA) is 347 Å². The molecule has 0 radical (unpaired) electrons. The van der Waals surface area contributed by atoms with Gasteiger partial charge in [0.05, 0.1) is 54.0 Å². The quantitative estimate of drug-likeness (QED) is 0.0250. The number of anilines is 1. The number of carbonyl (C=O) groups excluding carboxylic acids is 11. The van der Waals surface area contributed by atoms with E-state index in [2.05, 4.69) is 31.9 Å². The molecule has 2 aromatic carbocycles. The number of nitrogens with zero attached hydrogens (tertiary/aromatic N) is 4. The zero-order chi connectivity index (χ0) is 74.0. The van der Waals surface area contributed by atoms with Gasteiger partial charge in [-0.2, -0.15) is 0 Å². The van der Waals surface area contributed by atoms with E-state index in [-0.39, 0.29) is 104 Å². The molecule has 2 unspecified atom stereocenters. The summed E-state index contributed by atoms with van der Waals surface area (Å²) in [6, 6.07) is 8.77. The highest BCUT2D eigenvalue weighted by Gasteiger charge is 2.45. The highest BCUT2D eigenvalue weighted by molar-refractivity contribution is 8.01. The van der Waals surface area contributed by atoms with Crippen molar-refractivity contribution in [3.8, 4) is 0 Å². The maximum Gasteiger partial charge on any atom is 0.410 e. The van der Waals surface area contributed by atoms with Crippen molar-refractivity contribution in [3.05, 3.63) is 65.7 Å². The molecule has 0 aliphatic carbocycles. The first-order valence-corrected chi connectivity index (χ1v) is 36.1. The first-order valence-electron chi connectivity index (χ1n) is 35.2. The van der Waals surface area contributed by atoms with E-state index in [1.165, 1.54) is 42.8 Å². The molecule has 2 aromatic rings. The van der Waals surface area contributed by atoms with Crippen LogP contribution < -0.4 is 37.6 Å². The number of likely N-dealkylation sites (N-methyl/N-ethyl adjacent to an activating group) is 2. The van der Waals surface area contributed by atoms with Crippen LogP contribution in [0.4, 0.5) is 15.3 Å². The maximum absolute atomic E-state index is 14.8. The van der Waals surface area contributed by atoms with Gasteiger partial charge < -0.3 is 66.8 Å². The smallest absolute Gasteiger partial charge is 0.410 e. The number of urea groups is 1. The van der Waals surface area contributed by atoms with E-state index in [0.717, 1.165) is 6.42 Å². The second kappa shape index (κ2) is 41.4. The van der Waals surface area contributed by atoms with Crippen LogP contribution in [0.15, 0.2) is 54.6 Å². The van der Waals surface area contributed by atoms with Crippen molar-refractivity contribution >= 4 is 82.7 Å². The molecule has 0 bridgehead atoms. The van der Waals surface area contributed by atoms with Crippen molar-refractivity contribution in [2.24, 2.45) is 35.3 Å². The van der Waals surface area contributed by atoms with Gasteiger partial charge in [0.15, 0.2) is 0 Å². The molecule has 2 fully saturated rings. The van der Waals surface area contributed by atoms with Crippen LogP contribution >= 0.6 is 11.8 Å². The predicted octanol–water partition coefficient (Wildman–Crippen LogP) is 6.81. The molecule has 99 heavy (non-hydrogen) atoms. The predicted molar refractivity (Wildman–Crippen MR) is 380 cm³/mol. The Hall–Kier alpha value is -7.36. The Bertz CT molecular complexity index is 2980. The van der Waals surface area contributed by atoms with E-state index in [1.807, 2.05) is 45.9 Å². The summed E-state index contributed by atoms with van der Waals surface area (Å²) in [5.74, 6) is -5.60. The summed E-state index contributed by atoms with van der Waals surface area (Å²) < 4.78 is 17.8. The average molecular weight is 1410 g/mol. The minimum Gasteiger partial charge on any atom is -0.445 e. The Balaban J connectivity index is 1.36. The van der Waals surface area contributed by atoms with E-state index in [0.29, 0.717) is 61.9 Å². The van der Waals surface area contributed by atoms with Crippen LogP contribution in [0.25, 0.3) is 0 Å². The third kappa shape index (κ3) is 25.0. The molecular weight excluding hydrogens is 1290 g/mol. The van der Waals surface area contributed by atoms with Crippen molar-refractivity contribution < 1.29 is 72.1 Å². The third-order valence-electron chi connectivity index (χ3n) is 19.0. The Morgan fingerprint density at radius 1 is 0.727 bits per heavy atom. The number of rotatable bonds is 41. The lowest BCUT2D eigenvalue weighted by Crippen LogP contribution is -2.60. The fraction of sp³-hybridized carbons (Fsp3) is 0.681. The number of hydrogen-bond donors (Lipinski definition) is 8. The Kier molecular flexibility index (Phi) is 35.1. The number of aliphatic hydroxyl groups is 1. The molecule has 2 aliphatic heterocycles. The van der Waals surface area contributed by atoms with Gasteiger partial charge in [-0.3, -0.25) is 53.0 Å². The number of thioether (sulfide) groups is 1. The normalized spacial score (nSPS) is 18.4. The SMILES string of the molecule is CCC(C)SC1CC(=O)N(CCCCCC(=O)N[C@H](C(=O)N[C@@H](CCCNC(N)=O)C(=O)Nc2ccc(COC(=O)N(C)[C@H](C(=O)N[C@H](C(=O)N(C)[C@@H]([C@@H](C)CC)[C@@H](CC(=O)N3CCC[C@H]3[C@H](OC)[C@@H](C)C(=O)N[C@H](C)[C@@H](O)c3ccccc3)OC)C(C)C)C(C)C)cc2)C(C)C)C1=O. The van der Waals surface area contributed by atoms with Crippen molar-refractivity contribution in [1.29, 1.82) is 0 Å². The summed E-state index contributed by atoms with van der Waals surface area (Å²) in [5, 5.41) is 27.6. The van der Waals surface area contributed by atoms with Crippen LogP contribution in [-0.2, 0) is 64.0 Å². The highest BCUT2D eigenvalue weighted by atomic mass is 32.2.